The van der Waals surface area contributed by atoms with E-state index in [1.165, 1.54) is 40.6 Å². The standard InChI is InChI=1S/C64H75ClF3N9O7S3/c1-63(2)25-22-57(44-8-12-49(65)13-9-44)48(39-63)41-73-30-34-74(35-31-73)51-14-10-45(11-15-51)61(79)71-87(83,84)56-20-21-58(59(38-56)86(81,82)64(66,67)68)69-50(43-85-55-6-4-3-5-7-55)23-26-76-42-47-37-54(76)36-46(47)40-72-28-32-75(33-29-72)52-16-18-53(19-17-52)77-27-24-60(78)70-62(77)80/h3-21,38,46-47,50,54,69H,22-37,39-43H2,1-2H3,(H,71,79)(H,70,78,80)/t46?,47?,50-,54?/m1/s1. The molecule has 3 unspecified atom stereocenters. The molecule has 464 valence electrons. The zero-order valence-corrected chi connectivity index (χ0v) is 52.2. The second-order valence-corrected chi connectivity index (χ2v) is 29.9. The second kappa shape index (κ2) is 26.1. The number of alkyl halides is 3. The highest BCUT2D eigenvalue weighted by Gasteiger charge is 2.49. The number of piperidine rings is 1. The van der Waals surface area contributed by atoms with E-state index in [0.29, 0.717) is 54.2 Å². The minimum absolute atomic E-state index is 0.00678. The number of amides is 4. The summed E-state index contributed by atoms with van der Waals surface area (Å²) in [5.74, 6) is 0.0751. The molecule has 2 aliphatic carbocycles. The topological polar surface area (TPSA) is 175 Å². The number of nitrogens with zero attached hydrogens (tertiary/aromatic N) is 6. The van der Waals surface area contributed by atoms with Crippen molar-refractivity contribution in [2.24, 2.45) is 17.3 Å². The molecule has 11 rings (SSSR count). The Morgan fingerprint density at radius 2 is 1.41 bits per heavy atom. The number of likely N-dealkylation sites (tertiary alicyclic amines) is 1. The molecule has 0 radical (unpaired) electrons. The summed E-state index contributed by atoms with van der Waals surface area (Å²) in [5.41, 5.74) is 0.755. The van der Waals surface area contributed by atoms with Crippen molar-refractivity contribution in [3.63, 3.8) is 0 Å². The van der Waals surface area contributed by atoms with Crippen LogP contribution in [-0.2, 0) is 24.7 Å². The Morgan fingerprint density at radius 1 is 0.770 bits per heavy atom. The van der Waals surface area contributed by atoms with Crippen molar-refractivity contribution in [3.8, 4) is 0 Å². The molecule has 5 aromatic carbocycles. The summed E-state index contributed by atoms with van der Waals surface area (Å²) in [6.07, 6.45) is 5.93. The fourth-order valence-corrected chi connectivity index (χ4v) is 16.6. The molecule has 4 atom stereocenters. The highest BCUT2D eigenvalue weighted by Crippen LogP contribution is 2.45. The van der Waals surface area contributed by atoms with Crippen LogP contribution in [0.15, 0.2) is 142 Å². The van der Waals surface area contributed by atoms with Crippen LogP contribution in [0.5, 0.6) is 0 Å². The number of sulfonamides is 1. The summed E-state index contributed by atoms with van der Waals surface area (Å²) < 4.78 is 100. The second-order valence-electron chi connectivity index (χ2n) is 24.7. The first kappa shape index (κ1) is 62.5. The number of piperazine rings is 2. The molecule has 3 N–H and O–H groups in total. The largest absolute Gasteiger partial charge is 0.501 e. The SMILES string of the molecule is CC1(C)CCC(c2ccc(Cl)cc2)=C(CN2CCN(c3ccc(C(=O)NS(=O)(=O)c4ccc(N[C@H](CCN5CC6CC5CC6CN5CCN(c6ccc(N7CCC(=O)NC7=O)cc6)CC5)CSc5ccccc5)c(S(=O)(=O)C(F)(F)F)c4)cc3)CC2)C1. The van der Waals surface area contributed by atoms with Gasteiger partial charge in [-0.15, -0.1) is 11.8 Å². The number of fused-ring (bicyclic) bond motifs is 2. The molecule has 5 aromatic rings. The van der Waals surface area contributed by atoms with Crippen LogP contribution in [0.1, 0.15) is 74.7 Å². The Morgan fingerprint density at radius 3 is 2.05 bits per heavy atom. The van der Waals surface area contributed by atoms with Gasteiger partial charge in [0.05, 0.1) is 10.6 Å². The van der Waals surface area contributed by atoms with Gasteiger partial charge in [-0.2, -0.15) is 13.2 Å². The van der Waals surface area contributed by atoms with Crippen molar-refractivity contribution in [1.82, 2.24) is 24.7 Å². The predicted molar refractivity (Wildman–Crippen MR) is 337 cm³/mol. The molecule has 4 saturated heterocycles. The highest BCUT2D eigenvalue weighted by molar-refractivity contribution is 7.99. The van der Waals surface area contributed by atoms with E-state index in [9.17, 15) is 44.4 Å². The zero-order valence-electron chi connectivity index (χ0n) is 49.0. The van der Waals surface area contributed by atoms with Gasteiger partial charge in [-0.1, -0.05) is 61.4 Å². The maximum atomic E-state index is 14.6. The van der Waals surface area contributed by atoms with Crippen LogP contribution in [0.2, 0.25) is 5.02 Å². The minimum Gasteiger partial charge on any atom is -0.380 e. The van der Waals surface area contributed by atoms with Crippen molar-refractivity contribution >= 4 is 89.4 Å². The molecule has 5 fully saturated rings. The maximum absolute atomic E-state index is 14.6. The molecule has 16 nitrogen and oxygen atoms in total. The Balaban J connectivity index is 0.700. The van der Waals surface area contributed by atoms with Gasteiger partial charge in [0.1, 0.15) is 4.90 Å². The lowest BCUT2D eigenvalue weighted by Gasteiger charge is -2.39. The minimum atomic E-state index is -6.11. The highest BCUT2D eigenvalue weighted by atomic mass is 35.5. The monoisotopic (exact) mass is 1270 g/mol. The number of carbonyl (C=O) groups is 3. The summed E-state index contributed by atoms with van der Waals surface area (Å²) >= 11 is 7.70. The summed E-state index contributed by atoms with van der Waals surface area (Å²) in [5, 5.41) is 6.19. The van der Waals surface area contributed by atoms with E-state index in [4.69, 9.17) is 11.6 Å². The van der Waals surface area contributed by atoms with Gasteiger partial charge >= 0.3 is 11.5 Å². The third-order valence-corrected chi connectivity index (χ3v) is 22.6. The smallest absolute Gasteiger partial charge is 0.380 e. The molecule has 4 aliphatic heterocycles. The molecule has 87 heavy (non-hydrogen) atoms. The molecule has 2 bridgehead atoms. The molecular weight excluding hydrogens is 1200 g/mol. The maximum Gasteiger partial charge on any atom is 0.501 e. The Bertz CT molecular complexity index is 3570. The number of sulfone groups is 1. The van der Waals surface area contributed by atoms with E-state index < -0.39 is 58.8 Å². The molecule has 23 heteroatoms. The van der Waals surface area contributed by atoms with Crippen LogP contribution >= 0.6 is 23.4 Å². The molecule has 1 saturated carbocycles. The Kier molecular flexibility index (Phi) is 18.8. The number of halogens is 4. The van der Waals surface area contributed by atoms with Gasteiger partial charge in [0, 0.05) is 142 Å². The average molecular weight is 1270 g/mol. The number of imide groups is 1. The van der Waals surface area contributed by atoms with Crippen molar-refractivity contribution in [2.75, 3.05) is 111 Å². The van der Waals surface area contributed by atoms with Crippen LogP contribution in [0, 0.1) is 17.3 Å². The number of thioether (sulfide) groups is 1. The first-order valence-electron chi connectivity index (χ1n) is 30.0. The number of urea groups is 1. The van der Waals surface area contributed by atoms with Gasteiger partial charge < -0.3 is 15.1 Å². The number of hydrogen-bond donors (Lipinski definition) is 3. The summed E-state index contributed by atoms with van der Waals surface area (Å²) in [4.78, 5) is 50.0. The number of rotatable bonds is 20. The number of nitrogens with one attached hydrogen (secondary N) is 3. The fraction of sp³-hybridized carbons (Fsp3) is 0.453. The lowest BCUT2D eigenvalue weighted by molar-refractivity contribution is -0.120. The van der Waals surface area contributed by atoms with E-state index in [2.05, 4.69) is 61.1 Å². The number of benzene rings is 5. The van der Waals surface area contributed by atoms with E-state index in [1.54, 1.807) is 17.0 Å². The number of carbonyl (C=O) groups excluding carboxylic acids is 3. The lowest BCUT2D eigenvalue weighted by atomic mass is 9.73. The Labute approximate surface area is 517 Å². The number of hydrogen-bond acceptors (Lipinski definition) is 14. The first-order valence-corrected chi connectivity index (χ1v) is 34.3. The van der Waals surface area contributed by atoms with Crippen LogP contribution in [0.3, 0.4) is 0 Å². The van der Waals surface area contributed by atoms with Crippen LogP contribution in [0.25, 0.3) is 5.57 Å². The summed E-state index contributed by atoms with van der Waals surface area (Å²) in [7, 11) is -11.0. The Hall–Kier alpha value is -6.14. The van der Waals surface area contributed by atoms with Crippen molar-refractivity contribution < 1.29 is 44.4 Å². The van der Waals surface area contributed by atoms with E-state index in [-0.39, 0.29) is 23.3 Å². The number of anilines is 4. The van der Waals surface area contributed by atoms with E-state index in [1.807, 2.05) is 71.5 Å². The van der Waals surface area contributed by atoms with Crippen molar-refractivity contribution in [1.29, 1.82) is 0 Å². The molecule has 4 heterocycles. The summed E-state index contributed by atoms with van der Waals surface area (Å²) in [6.45, 7) is 15.0. The number of allylic oxidation sites excluding steroid dienone is 1. The summed E-state index contributed by atoms with van der Waals surface area (Å²) in [6, 6.07) is 33.8. The third kappa shape index (κ3) is 14.8. The van der Waals surface area contributed by atoms with E-state index >= 15 is 0 Å². The van der Waals surface area contributed by atoms with Crippen molar-refractivity contribution in [2.45, 2.75) is 91.1 Å². The zero-order chi connectivity index (χ0) is 61.3. The normalized spacial score (nSPS) is 22.0. The van der Waals surface area contributed by atoms with Gasteiger partial charge in [0.2, 0.25) is 5.91 Å². The van der Waals surface area contributed by atoms with Gasteiger partial charge in [-0.05, 0) is 158 Å². The van der Waals surface area contributed by atoms with Crippen LogP contribution < -0.4 is 30.1 Å². The average Bonchev–Trinajstić information content (AvgIpc) is 2.47. The van der Waals surface area contributed by atoms with Crippen LogP contribution in [0.4, 0.5) is 40.7 Å². The molecular formula is C64H75ClF3N9O7S3. The van der Waals surface area contributed by atoms with Gasteiger partial charge in [-0.3, -0.25) is 34.5 Å². The molecule has 6 aliphatic rings. The quantitative estimate of drug-likeness (QED) is 0.0628. The molecule has 4 amide bonds. The lowest BCUT2D eigenvalue weighted by Crippen LogP contribution is -2.50. The fourth-order valence-electron chi connectivity index (χ4n) is 13.5. The molecule has 0 aromatic heterocycles. The van der Waals surface area contributed by atoms with Gasteiger partial charge in [-0.25, -0.2) is 26.4 Å². The van der Waals surface area contributed by atoms with Crippen molar-refractivity contribution in [3.05, 3.63) is 143 Å². The van der Waals surface area contributed by atoms with Gasteiger partial charge in [0.15, 0.2) is 0 Å². The predicted octanol–water partition coefficient (Wildman–Crippen LogP) is 10.5. The first-order chi connectivity index (χ1) is 41.5. The van der Waals surface area contributed by atoms with E-state index in [0.717, 1.165) is 138 Å². The molecule has 0 spiro atoms. The van der Waals surface area contributed by atoms with Gasteiger partial charge in [0.25, 0.3) is 25.8 Å². The third-order valence-electron chi connectivity index (χ3n) is 18.3. The van der Waals surface area contributed by atoms with Crippen LogP contribution in [-0.4, -0.2) is 158 Å².